The maximum atomic E-state index is 12.4. The van der Waals surface area contributed by atoms with Crippen molar-refractivity contribution in [2.45, 2.75) is 20.1 Å². The van der Waals surface area contributed by atoms with Crippen LogP contribution in [0.5, 0.6) is 0 Å². The molecule has 0 N–H and O–H groups in total. The zero-order valence-corrected chi connectivity index (χ0v) is 12.2. The molecule has 92 valence electrons. The van der Waals surface area contributed by atoms with Crippen LogP contribution in [-0.4, -0.2) is 5.78 Å². The Hall–Kier alpha value is -0.970. The zero-order chi connectivity index (χ0) is 12.7. The first kappa shape index (κ1) is 12.1. The first-order chi connectivity index (χ1) is 8.65. The van der Waals surface area contributed by atoms with Crippen molar-refractivity contribution in [1.29, 1.82) is 0 Å². The van der Waals surface area contributed by atoms with E-state index in [4.69, 9.17) is 4.74 Å². The number of benzene rings is 1. The number of thiophene rings is 1. The molecule has 0 saturated carbocycles. The molecular formula is C14H11BrO2S. The lowest BCUT2D eigenvalue weighted by molar-refractivity contribution is 0.104. The van der Waals surface area contributed by atoms with Gasteiger partial charge in [-0.05, 0) is 51.7 Å². The average Bonchev–Trinajstić information content (AvgIpc) is 2.95. The van der Waals surface area contributed by atoms with E-state index in [-0.39, 0.29) is 5.78 Å². The van der Waals surface area contributed by atoms with E-state index in [2.05, 4.69) is 15.9 Å². The van der Waals surface area contributed by atoms with Gasteiger partial charge in [0.2, 0.25) is 5.78 Å². The fourth-order valence-electron chi connectivity index (χ4n) is 2.03. The van der Waals surface area contributed by atoms with Gasteiger partial charge in [0.05, 0.1) is 21.9 Å². The van der Waals surface area contributed by atoms with Crippen LogP contribution in [0.15, 0.2) is 28.1 Å². The number of ketones is 1. The second-order valence-electron chi connectivity index (χ2n) is 4.37. The maximum absolute atomic E-state index is 12.4. The number of ether oxygens (including phenoxy) is 1. The Bertz CT molecular complexity index is 611. The van der Waals surface area contributed by atoms with Gasteiger partial charge >= 0.3 is 0 Å². The Balaban J connectivity index is 1.97. The van der Waals surface area contributed by atoms with E-state index in [9.17, 15) is 4.79 Å². The molecule has 0 aliphatic carbocycles. The predicted octanol–water partition coefficient (Wildman–Crippen LogP) is 4.08. The number of hydrogen-bond donors (Lipinski definition) is 0. The highest BCUT2D eigenvalue weighted by Gasteiger charge is 2.17. The summed E-state index contributed by atoms with van der Waals surface area (Å²) in [5, 5.41) is 0. The Morgan fingerprint density at radius 3 is 2.78 bits per heavy atom. The number of aryl methyl sites for hydroxylation is 1. The number of carbonyl (C=O) groups excluding carboxylic acids is 1. The van der Waals surface area contributed by atoms with Crippen molar-refractivity contribution in [3.05, 3.63) is 55.2 Å². The van der Waals surface area contributed by atoms with Crippen molar-refractivity contribution in [3.8, 4) is 0 Å². The molecule has 2 heterocycles. The normalized spacial score (nSPS) is 13.7. The smallest absolute Gasteiger partial charge is 0.203 e. The minimum atomic E-state index is 0.0866. The zero-order valence-electron chi connectivity index (χ0n) is 9.83. The summed E-state index contributed by atoms with van der Waals surface area (Å²) in [7, 11) is 0. The molecule has 0 spiro atoms. The average molecular weight is 323 g/mol. The summed E-state index contributed by atoms with van der Waals surface area (Å²) in [4.78, 5) is 13.1. The van der Waals surface area contributed by atoms with Crippen LogP contribution < -0.4 is 0 Å². The van der Waals surface area contributed by atoms with Crippen LogP contribution in [0.3, 0.4) is 0 Å². The summed E-state index contributed by atoms with van der Waals surface area (Å²) in [6.45, 7) is 3.27. The molecule has 0 unspecified atom stereocenters. The lowest BCUT2D eigenvalue weighted by atomic mass is 10.0. The number of hydrogen-bond acceptors (Lipinski definition) is 3. The van der Waals surface area contributed by atoms with Crippen molar-refractivity contribution in [2.75, 3.05) is 0 Å². The number of carbonyl (C=O) groups is 1. The van der Waals surface area contributed by atoms with Gasteiger partial charge < -0.3 is 4.74 Å². The molecule has 0 radical (unpaired) electrons. The number of halogens is 1. The van der Waals surface area contributed by atoms with Crippen LogP contribution in [-0.2, 0) is 18.0 Å². The predicted molar refractivity (Wildman–Crippen MR) is 75.1 cm³/mol. The summed E-state index contributed by atoms with van der Waals surface area (Å²) < 4.78 is 6.39. The van der Waals surface area contributed by atoms with Crippen LogP contribution in [0.25, 0.3) is 0 Å². The standard InChI is InChI=1S/C14H11BrO2S/c1-8-4-12(18-14(8)15)13(16)9-2-3-10-6-17-7-11(10)5-9/h2-5H,6-7H2,1H3. The third kappa shape index (κ3) is 2.05. The van der Waals surface area contributed by atoms with Gasteiger partial charge in [-0.2, -0.15) is 0 Å². The van der Waals surface area contributed by atoms with Gasteiger partial charge in [-0.1, -0.05) is 12.1 Å². The van der Waals surface area contributed by atoms with Gasteiger partial charge in [0.15, 0.2) is 0 Å². The Morgan fingerprint density at radius 1 is 1.28 bits per heavy atom. The molecule has 2 aromatic rings. The van der Waals surface area contributed by atoms with E-state index in [0.717, 1.165) is 25.4 Å². The van der Waals surface area contributed by atoms with Crippen molar-refractivity contribution >= 4 is 33.0 Å². The van der Waals surface area contributed by atoms with Gasteiger partial charge in [0.1, 0.15) is 0 Å². The van der Waals surface area contributed by atoms with Crippen LogP contribution in [0.4, 0.5) is 0 Å². The van der Waals surface area contributed by atoms with Gasteiger partial charge in [-0.25, -0.2) is 0 Å². The summed E-state index contributed by atoms with van der Waals surface area (Å²) in [5.41, 5.74) is 4.17. The summed E-state index contributed by atoms with van der Waals surface area (Å²) >= 11 is 4.94. The summed E-state index contributed by atoms with van der Waals surface area (Å²) in [6, 6.07) is 7.76. The number of fused-ring (bicyclic) bond motifs is 1. The molecule has 1 aromatic carbocycles. The minimum Gasteiger partial charge on any atom is -0.372 e. The first-order valence-corrected chi connectivity index (χ1v) is 7.26. The molecule has 1 aromatic heterocycles. The Morgan fingerprint density at radius 2 is 2.06 bits per heavy atom. The van der Waals surface area contributed by atoms with E-state index in [0.29, 0.717) is 13.2 Å². The SMILES string of the molecule is Cc1cc(C(=O)c2ccc3c(c2)COC3)sc1Br. The summed E-state index contributed by atoms with van der Waals surface area (Å²) in [6.07, 6.45) is 0. The third-order valence-corrected chi connectivity index (χ3v) is 5.20. The van der Waals surface area contributed by atoms with Gasteiger partial charge in [-0.15, -0.1) is 11.3 Å². The molecule has 0 atom stereocenters. The third-order valence-electron chi connectivity index (χ3n) is 3.06. The molecule has 0 saturated heterocycles. The quantitative estimate of drug-likeness (QED) is 0.779. The topological polar surface area (TPSA) is 26.3 Å². The lowest BCUT2D eigenvalue weighted by Gasteiger charge is -2.01. The highest BCUT2D eigenvalue weighted by atomic mass is 79.9. The fourth-order valence-corrected chi connectivity index (χ4v) is 3.52. The molecule has 0 fully saturated rings. The molecule has 1 aliphatic heterocycles. The van der Waals surface area contributed by atoms with Crippen molar-refractivity contribution in [3.63, 3.8) is 0 Å². The molecular weight excluding hydrogens is 312 g/mol. The highest BCUT2D eigenvalue weighted by molar-refractivity contribution is 9.11. The Labute approximate surface area is 118 Å². The second kappa shape index (κ2) is 4.61. The molecule has 0 bridgehead atoms. The molecule has 0 amide bonds. The van der Waals surface area contributed by atoms with Gasteiger partial charge in [-0.3, -0.25) is 4.79 Å². The monoisotopic (exact) mass is 322 g/mol. The fraction of sp³-hybridized carbons (Fsp3) is 0.214. The second-order valence-corrected chi connectivity index (χ2v) is 6.74. The molecule has 1 aliphatic rings. The molecule has 2 nitrogen and oxygen atoms in total. The van der Waals surface area contributed by atoms with Crippen molar-refractivity contribution < 1.29 is 9.53 Å². The maximum Gasteiger partial charge on any atom is 0.203 e. The molecule has 18 heavy (non-hydrogen) atoms. The van der Waals surface area contributed by atoms with Crippen molar-refractivity contribution in [1.82, 2.24) is 0 Å². The van der Waals surface area contributed by atoms with Crippen molar-refractivity contribution in [2.24, 2.45) is 0 Å². The van der Waals surface area contributed by atoms with E-state index in [1.54, 1.807) is 0 Å². The Kier molecular flexibility index (Phi) is 3.09. The van der Waals surface area contributed by atoms with Gasteiger partial charge in [0.25, 0.3) is 0 Å². The number of rotatable bonds is 2. The van der Waals surface area contributed by atoms with Crippen LogP contribution in [0.2, 0.25) is 0 Å². The van der Waals surface area contributed by atoms with Crippen LogP contribution >= 0.6 is 27.3 Å². The van der Waals surface area contributed by atoms with Crippen LogP contribution in [0, 0.1) is 6.92 Å². The minimum absolute atomic E-state index is 0.0866. The largest absolute Gasteiger partial charge is 0.372 e. The lowest BCUT2D eigenvalue weighted by Crippen LogP contribution is -1.99. The van der Waals surface area contributed by atoms with E-state index in [1.807, 2.05) is 31.2 Å². The highest BCUT2D eigenvalue weighted by Crippen LogP contribution is 2.30. The molecule has 4 heteroatoms. The van der Waals surface area contributed by atoms with E-state index >= 15 is 0 Å². The van der Waals surface area contributed by atoms with Gasteiger partial charge in [0, 0.05) is 5.56 Å². The van der Waals surface area contributed by atoms with Crippen LogP contribution in [0.1, 0.15) is 31.9 Å². The van der Waals surface area contributed by atoms with E-state index in [1.165, 1.54) is 16.9 Å². The summed E-state index contributed by atoms with van der Waals surface area (Å²) in [5.74, 6) is 0.0866. The molecule has 3 rings (SSSR count). The van der Waals surface area contributed by atoms with E-state index < -0.39 is 0 Å². The first-order valence-electron chi connectivity index (χ1n) is 5.65.